The van der Waals surface area contributed by atoms with E-state index in [9.17, 15) is 0 Å². The van der Waals surface area contributed by atoms with Crippen molar-refractivity contribution in [2.75, 3.05) is 0 Å². The molecule has 3 fully saturated rings. The molecule has 1 aliphatic heterocycles. The van der Waals surface area contributed by atoms with Crippen LogP contribution >= 0.6 is 0 Å². The lowest BCUT2D eigenvalue weighted by Crippen LogP contribution is -2.44. The van der Waals surface area contributed by atoms with Crippen molar-refractivity contribution < 1.29 is 4.74 Å². The molecule has 3 saturated carbocycles. The molecule has 0 N–H and O–H groups in total. The summed E-state index contributed by atoms with van der Waals surface area (Å²) in [6, 6.07) is 9.17. The molecule has 0 amide bonds. The molecule has 1 heteroatoms. The fourth-order valence-electron chi connectivity index (χ4n) is 12.2. The molecule has 9 atom stereocenters. The first kappa shape index (κ1) is 27.1. The van der Waals surface area contributed by atoms with Gasteiger partial charge in [0, 0.05) is 11.5 Å². The predicted molar refractivity (Wildman–Crippen MR) is 177 cm³/mol. The summed E-state index contributed by atoms with van der Waals surface area (Å²) in [7, 11) is 0. The second-order valence-corrected chi connectivity index (χ2v) is 15.7. The minimum absolute atomic E-state index is 0.324. The molecule has 1 aromatic carbocycles. The number of allylic oxidation sites excluding steroid dienone is 10. The van der Waals surface area contributed by atoms with E-state index in [1.165, 1.54) is 114 Å². The Morgan fingerprint density at radius 2 is 1.60 bits per heavy atom. The summed E-state index contributed by atoms with van der Waals surface area (Å²) in [5.74, 6) is 7.85. The molecule has 0 radical (unpaired) electrons. The zero-order valence-corrected chi connectivity index (χ0v) is 26.3. The van der Waals surface area contributed by atoms with Gasteiger partial charge in [0.25, 0.3) is 0 Å². The first-order valence-electron chi connectivity index (χ1n) is 18.6. The van der Waals surface area contributed by atoms with Gasteiger partial charge in [0.2, 0.25) is 0 Å². The Morgan fingerprint density at radius 1 is 0.721 bits per heavy atom. The zero-order chi connectivity index (χ0) is 28.3. The number of benzene rings is 1. The molecular weight excluding hydrogens is 520 g/mol. The van der Waals surface area contributed by atoms with E-state index < -0.39 is 0 Å². The fourth-order valence-corrected chi connectivity index (χ4v) is 12.2. The van der Waals surface area contributed by atoms with E-state index in [0.717, 1.165) is 29.6 Å². The van der Waals surface area contributed by atoms with Gasteiger partial charge in [-0.25, -0.2) is 0 Å². The van der Waals surface area contributed by atoms with Crippen molar-refractivity contribution in [2.45, 2.75) is 115 Å². The Kier molecular flexibility index (Phi) is 7.09. The molecule has 226 valence electrons. The summed E-state index contributed by atoms with van der Waals surface area (Å²) in [5.41, 5.74) is 8.72. The maximum absolute atomic E-state index is 6.98. The van der Waals surface area contributed by atoms with Crippen LogP contribution in [0, 0.1) is 47.3 Å². The molecule has 0 aromatic heterocycles. The molecule has 0 saturated heterocycles. The van der Waals surface area contributed by atoms with Gasteiger partial charge >= 0.3 is 0 Å². The van der Waals surface area contributed by atoms with Crippen LogP contribution in [0.5, 0.6) is 5.75 Å². The normalized spacial score (nSPS) is 40.3. The van der Waals surface area contributed by atoms with Gasteiger partial charge in [0.15, 0.2) is 0 Å². The molecule has 1 nitrogen and oxygen atoms in total. The van der Waals surface area contributed by atoms with Crippen molar-refractivity contribution in [2.24, 2.45) is 47.3 Å². The summed E-state index contributed by atoms with van der Waals surface area (Å²) in [6.45, 7) is 0. The van der Waals surface area contributed by atoms with Gasteiger partial charge in [-0.2, -0.15) is 0 Å². The lowest BCUT2D eigenvalue weighted by Gasteiger charge is -2.52. The van der Waals surface area contributed by atoms with Gasteiger partial charge in [-0.05, 0) is 134 Å². The molecule has 0 bridgehead atoms. The molecule has 1 heterocycles. The van der Waals surface area contributed by atoms with Gasteiger partial charge in [-0.1, -0.05) is 98.8 Å². The highest BCUT2D eigenvalue weighted by atomic mass is 16.5. The van der Waals surface area contributed by atoms with Crippen LogP contribution in [0.3, 0.4) is 0 Å². The number of hydrogen-bond acceptors (Lipinski definition) is 1. The third-order valence-electron chi connectivity index (χ3n) is 13.8. The van der Waals surface area contributed by atoms with E-state index in [1.54, 1.807) is 11.1 Å². The van der Waals surface area contributed by atoms with Crippen molar-refractivity contribution >= 4 is 0 Å². The Bertz CT molecular complexity index is 1380. The van der Waals surface area contributed by atoms with Crippen LogP contribution in [-0.2, 0) is 0 Å². The summed E-state index contributed by atoms with van der Waals surface area (Å²) in [5, 5.41) is 0. The van der Waals surface area contributed by atoms with Crippen LogP contribution < -0.4 is 4.74 Å². The molecule has 9 rings (SSSR count). The second-order valence-electron chi connectivity index (χ2n) is 15.7. The summed E-state index contributed by atoms with van der Waals surface area (Å²) in [4.78, 5) is 0. The molecule has 0 spiro atoms. The Balaban J connectivity index is 1.17. The SMILES string of the molecule is C1=CC(C2CC3Oc4ccccc4C3C(C3=C4C=CCCC4C(C4CCCCC4)C4CCCC=C34)C2)C2CCCCC2=C1. The van der Waals surface area contributed by atoms with Crippen LogP contribution in [0.2, 0.25) is 0 Å². The van der Waals surface area contributed by atoms with Gasteiger partial charge in [0.1, 0.15) is 11.9 Å². The Morgan fingerprint density at radius 3 is 2.56 bits per heavy atom. The molecule has 7 aliphatic carbocycles. The van der Waals surface area contributed by atoms with E-state index >= 15 is 0 Å². The van der Waals surface area contributed by atoms with Gasteiger partial charge in [0.05, 0.1) is 0 Å². The number of para-hydroxylation sites is 1. The van der Waals surface area contributed by atoms with Crippen LogP contribution in [0.25, 0.3) is 0 Å². The van der Waals surface area contributed by atoms with Gasteiger partial charge in [-0.3, -0.25) is 0 Å². The number of hydrogen-bond donors (Lipinski definition) is 0. The first-order chi connectivity index (χ1) is 21.3. The van der Waals surface area contributed by atoms with E-state index in [0.29, 0.717) is 29.8 Å². The predicted octanol–water partition coefficient (Wildman–Crippen LogP) is 11.1. The smallest absolute Gasteiger partial charge is 0.123 e. The maximum atomic E-state index is 6.98. The largest absolute Gasteiger partial charge is 0.489 e. The third-order valence-corrected chi connectivity index (χ3v) is 13.8. The number of ether oxygens (including phenoxy) is 1. The van der Waals surface area contributed by atoms with Crippen LogP contribution in [-0.4, -0.2) is 6.10 Å². The quantitative estimate of drug-likeness (QED) is 0.350. The average Bonchev–Trinajstić information content (AvgIpc) is 3.45. The van der Waals surface area contributed by atoms with Crippen molar-refractivity contribution in [3.05, 3.63) is 88.6 Å². The van der Waals surface area contributed by atoms with Gasteiger partial charge in [-0.15, -0.1) is 0 Å². The van der Waals surface area contributed by atoms with E-state index in [2.05, 4.69) is 60.7 Å². The molecule has 9 unspecified atom stereocenters. The van der Waals surface area contributed by atoms with Gasteiger partial charge < -0.3 is 4.74 Å². The van der Waals surface area contributed by atoms with Crippen LogP contribution in [0.15, 0.2) is 83.0 Å². The standard InChI is InChI=1S/C42H52O/c1-2-14-28(15-3-1)40-32-18-6-8-20-34(32)41(35-21-9-7-19-33(35)40)37-25-29(31-23-12-16-27-13-4-5-17-30(27)31)26-39-42(37)36-22-10-11-24-38(36)43-39/h8,10-12,16,20-24,28-33,37,39-40,42H,1-7,9,13-15,17-19,25-26H2. The highest BCUT2D eigenvalue weighted by Gasteiger charge is 2.53. The topological polar surface area (TPSA) is 9.23 Å². The van der Waals surface area contributed by atoms with Crippen LogP contribution in [0.1, 0.15) is 114 Å². The number of fused-ring (bicyclic) bond motifs is 6. The third kappa shape index (κ3) is 4.53. The summed E-state index contributed by atoms with van der Waals surface area (Å²) < 4.78 is 6.98. The highest BCUT2D eigenvalue weighted by molar-refractivity contribution is 5.53. The summed E-state index contributed by atoms with van der Waals surface area (Å²) >= 11 is 0. The van der Waals surface area contributed by atoms with Crippen molar-refractivity contribution in [3.63, 3.8) is 0 Å². The maximum Gasteiger partial charge on any atom is 0.123 e. The molecule has 43 heavy (non-hydrogen) atoms. The fraction of sp³-hybridized carbons (Fsp3) is 0.619. The second kappa shape index (κ2) is 11.3. The first-order valence-corrected chi connectivity index (χ1v) is 18.6. The monoisotopic (exact) mass is 572 g/mol. The lowest BCUT2D eigenvalue weighted by molar-refractivity contribution is 0.0681. The van der Waals surface area contributed by atoms with Crippen molar-refractivity contribution in [1.29, 1.82) is 0 Å². The van der Waals surface area contributed by atoms with E-state index in [1.807, 2.05) is 11.1 Å². The minimum Gasteiger partial charge on any atom is -0.489 e. The zero-order valence-electron chi connectivity index (χ0n) is 26.3. The minimum atomic E-state index is 0.324. The molecular formula is C42H52O. The average molecular weight is 573 g/mol. The lowest BCUT2D eigenvalue weighted by atomic mass is 9.52. The van der Waals surface area contributed by atoms with E-state index in [-0.39, 0.29) is 0 Å². The van der Waals surface area contributed by atoms with E-state index in [4.69, 9.17) is 4.74 Å². The van der Waals surface area contributed by atoms with Crippen LogP contribution in [0.4, 0.5) is 0 Å². The molecule has 1 aromatic rings. The molecule has 8 aliphatic rings. The number of rotatable bonds is 3. The Labute approximate surface area is 260 Å². The summed E-state index contributed by atoms with van der Waals surface area (Å²) in [6.07, 6.45) is 38.1. The van der Waals surface area contributed by atoms with Crippen molar-refractivity contribution in [1.82, 2.24) is 0 Å². The Hall–Kier alpha value is -2.28. The van der Waals surface area contributed by atoms with Crippen molar-refractivity contribution in [3.8, 4) is 5.75 Å². The highest BCUT2D eigenvalue weighted by Crippen LogP contribution is 2.62.